The van der Waals surface area contributed by atoms with Crippen molar-refractivity contribution in [2.45, 2.75) is 26.3 Å². The van der Waals surface area contributed by atoms with Crippen LogP contribution >= 0.6 is 0 Å². The van der Waals surface area contributed by atoms with Gasteiger partial charge in [-0.05, 0) is 25.8 Å². The van der Waals surface area contributed by atoms with Gasteiger partial charge in [0.05, 0.1) is 4.92 Å². The van der Waals surface area contributed by atoms with Gasteiger partial charge in [-0.2, -0.15) is 0 Å². The van der Waals surface area contributed by atoms with Crippen molar-refractivity contribution in [2.75, 3.05) is 13.1 Å². The van der Waals surface area contributed by atoms with Crippen LogP contribution in [0.1, 0.15) is 20.3 Å². The maximum absolute atomic E-state index is 10.7. The molecule has 0 amide bonds. The van der Waals surface area contributed by atoms with E-state index < -0.39 is 4.92 Å². The first-order chi connectivity index (χ1) is 7.45. The quantitative estimate of drug-likeness (QED) is 0.447. The molecule has 1 aliphatic heterocycles. The minimum absolute atomic E-state index is 0.0520. The molecule has 0 spiro atoms. The lowest BCUT2D eigenvalue weighted by atomic mass is 9.96. The summed E-state index contributed by atoms with van der Waals surface area (Å²) in [6.07, 6.45) is 2.70. The number of nitro groups is 1. The summed E-state index contributed by atoms with van der Waals surface area (Å²) in [4.78, 5) is 12.2. The first kappa shape index (κ1) is 12.7. The van der Waals surface area contributed by atoms with Crippen molar-refractivity contribution in [3.63, 3.8) is 0 Å². The molecule has 1 rings (SSSR count). The molecule has 2 N–H and O–H groups in total. The monoisotopic (exact) mass is 225 g/mol. The summed E-state index contributed by atoms with van der Waals surface area (Å²) >= 11 is 0. The number of piperidine rings is 1. The smallest absolute Gasteiger partial charge is 0.285 e. The van der Waals surface area contributed by atoms with Gasteiger partial charge in [0.15, 0.2) is 0 Å². The van der Waals surface area contributed by atoms with E-state index in [2.05, 4.69) is 13.5 Å². The first-order valence-electron chi connectivity index (χ1n) is 5.46. The number of nitrogens with zero attached hydrogens (tertiary/aromatic N) is 2. The maximum atomic E-state index is 10.7. The number of rotatable bonds is 3. The van der Waals surface area contributed by atoms with Crippen LogP contribution in [-0.2, 0) is 0 Å². The molecule has 1 heterocycles. The molecule has 0 aromatic heterocycles. The highest BCUT2D eigenvalue weighted by molar-refractivity contribution is 5.21. The summed E-state index contributed by atoms with van der Waals surface area (Å²) in [7, 11) is 0. The van der Waals surface area contributed by atoms with Crippen LogP contribution in [0.25, 0.3) is 0 Å². The third kappa shape index (κ3) is 2.82. The SMILES string of the molecule is C=C(/C(=C\C)N1C[C@H](C)C[C@H](N)C1)[N+](=O)[O-]. The molecule has 5 nitrogen and oxygen atoms in total. The van der Waals surface area contributed by atoms with E-state index in [1.807, 2.05) is 4.90 Å². The Morgan fingerprint density at radius 1 is 1.62 bits per heavy atom. The van der Waals surface area contributed by atoms with Gasteiger partial charge >= 0.3 is 0 Å². The lowest BCUT2D eigenvalue weighted by Gasteiger charge is -2.36. The largest absolute Gasteiger partial charge is 0.364 e. The van der Waals surface area contributed by atoms with Gasteiger partial charge in [0.2, 0.25) is 0 Å². The average molecular weight is 225 g/mol. The second kappa shape index (κ2) is 5.12. The second-order valence-corrected chi connectivity index (χ2v) is 4.38. The highest BCUT2D eigenvalue weighted by atomic mass is 16.6. The van der Waals surface area contributed by atoms with E-state index in [4.69, 9.17) is 5.73 Å². The van der Waals surface area contributed by atoms with E-state index in [9.17, 15) is 10.1 Å². The Morgan fingerprint density at radius 2 is 2.25 bits per heavy atom. The molecule has 1 saturated heterocycles. The van der Waals surface area contributed by atoms with Crippen LogP contribution in [0, 0.1) is 16.0 Å². The summed E-state index contributed by atoms with van der Waals surface area (Å²) in [6.45, 7) is 8.86. The van der Waals surface area contributed by atoms with Crippen molar-refractivity contribution < 1.29 is 4.92 Å². The molecule has 0 aromatic rings. The molecule has 16 heavy (non-hydrogen) atoms. The lowest BCUT2D eigenvalue weighted by molar-refractivity contribution is -0.422. The summed E-state index contributed by atoms with van der Waals surface area (Å²) < 4.78 is 0. The number of hydrogen-bond acceptors (Lipinski definition) is 4. The maximum Gasteiger partial charge on any atom is 0.285 e. The Labute approximate surface area is 95.8 Å². The van der Waals surface area contributed by atoms with Crippen LogP contribution in [0.15, 0.2) is 24.0 Å². The molecule has 1 fully saturated rings. The number of allylic oxidation sites excluding steroid dienone is 1. The fraction of sp³-hybridized carbons (Fsp3) is 0.636. The minimum Gasteiger partial charge on any atom is -0.364 e. The van der Waals surface area contributed by atoms with Gasteiger partial charge in [-0.3, -0.25) is 10.1 Å². The second-order valence-electron chi connectivity index (χ2n) is 4.38. The zero-order valence-corrected chi connectivity index (χ0v) is 9.85. The predicted octanol–water partition coefficient (Wildman–Crippen LogP) is 1.35. The molecule has 5 heteroatoms. The highest BCUT2D eigenvalue weighted by Gasteiger charge is 2.27. The Bertz CT molecular complexity index is 315. The summed E-state index contributed by atoms with van der Waals surface area (Å²) in [6, 6.07) is 0.0817. The van der Waals surface area contributed by atoms with Crippen molar-refractivity contribution in [3.8, 4) is 0 Å². The molecule has 0 saturated carbocycles. The van der Waals surface area contributed by atoms with Gasteiger partial charge in [-0.1, -0.05) is 13.0 Å². The third-order valence-corrected chi connectivity index (χ3v) is 2.82. The fourth-order valence-electron chi connectivity index (χ4n) is 2.22. The van der Waals surface area contributed by atoms with Crippen molar-refractivity contribution in [1.29, 1.82) is 0 Å². The first-order valence-corrected chi connectivity index (χ1v) is 5.46. The van der Waals surface area contributed by atoms with E-state index in [-0.39, 0.29) is 11.7 Å². The molecule has 0 aromatic carbocycles. The minimum atomic E-state index is -0.444. The number of nitrogens with two attached hydrogens (primary N) is 1. The third-order valence-electron chi connectivity index (χ3n) is 2.82. The normalized spacial score (nSPS) is 26.7. The van der Waals surface area contributed by atoms with Gasteiger partial charge in [-0.15, -0.1) is 0 Å². The summed E-state index contributed by atoms with van der Waals surface area (Å²) in [5.74, 6) is 0.457. The Hall–Kier alpha value is -1.36. The van der Waals surface area contributed by atoms with Gasteiger partial charge in [0, 0.05) is 19.1 Å². The molecule has 0 radical (unpaired) electrons. The Morgan fingerprint density at radius 3 is 2.69 bits per heavy atom. The van der Waals surface area contributed by atoms with Crippen LogP contribution in [0.5, 0.6) is 0 Å². The molecule has 1 aliphatic rings. The molecule has 90 valence electrons. The van der Waals surface area contributed by atoms with Crippen LogP contribution in [0.3, 0.4) is 0 Å². The van der Waals surface area contributed by atoms with Crippen molar-refractivity contribution in [1.82, 2.24) is 4.90 Å². The number of likely N-dealkylation sites (tertiary alicyclic amines) is 1. The Kier molecular flexibility index (Phi) is 4.06. The van der Waals surface area contributed by atoms with Crippen molar-refractivity contribution >= 4 is 0 Å². The van der Waals surface area contributed by atoms with Gasteiger partial charge < -0.3 is 10.6 Å². The zero-order valence-electron chi connectivity index (χ0n) is 9.85. The van der Waals surface area contributed by atoms with Crippen LogP contribution in [0.2, 0.25) is 0 Å². The average Bonchev–Trinajstić information content (AvgIpc) is 2.16. The summed E-state index contributed by atoms with van der Waals surface area (Å²) in [5, 5.41) is 10.7. The molecule has 0 aliphatic carbocycles. The van der Waals surface area contributed by atoms with E-state index >= 15 is 0 Å². The van der Waals surface area contributed by atoms with Crippen LogP contribution in [-0.4, -0.2) is 29.0 Å². The van der Waals surface area contributed by atoms with Gasteiger partial charge in [0.1, 0.15) is 5.70 Å². The van der Waals surface area contributed by atoms with E-state index in [1.54, 1.807) is 13.0 Å². The van der Waals surface area contributed by atoms with Gasteiger partial charge in [-0.25, -0.2) is 0 Å². The lowest BCUT2D eigenvalue weighted by Crippen LogP contribution is -2.46. The molecule has 0 bridgehead atoms. The van der Waals surface area contributed by atoms with Crippen molar-refractivity contribution in [2.24, 2.45) is 11.7 Å². The van der Waals surface area contributed by atoms with Crippen molar-refractivity contribution in [3.05, 3.63) is 34.2 Å². The predicted molar refractivity (Wildman–Crippen MR) is 63.2 cm³/mol. The van der Waals surface area contributed by atoms with Gasteiger partial charge in [0.25, 0.3) is 5.70 Å². The molecule has 0 unspecified atom stereocenters. The van der Waals surface area contributed by atoms with E-state index in [0.29, 0.717) is 18.2 Å². The van der Waals surface area contributed by atoms with Crippen LogP contribution < -0.4 is 5.73 Å². The van der Waals surface area contributed by atoms with E-state index in [0.717, 1.165) is 13.0 Å². The molecular weight excluding hydrogens is 206 g/mol. The zero-order chi connectivity index (χ0) is 12.3. The van der Waals surface area contributed by atoms with Crippen LogP contribution in [0.4, 0.5) is 0 Å². The number of hydrogen-bond donors (Lipinski definition) is 1. The Balaban J connectivity index is 2.81. The topological polar surface area (TPSA) is 72.4 Å². The molecular formula is C11H19N3O2. The summed E-state index contributed by atoms with van der Waals surface area (Å²) in [5.41, 5.74) is 6.45. The fourth-order valence-corrected chi connectivity index (χ4v) is 2.22. The standard InChI is InChI=1S/C11H19N3O2/c1-4-11(9(3)14(15)16)13-6-8(2)5-10(12)7-13/h4,8,10H,3,5-7,12H2,1-2H3/b11-4+/t8-,10+/m1/s1. The van der Waals surface area contributed by atoms with E-state index in [1.165, 1.54) is 0 Å². The highest BCUT2D eigenvalue weighted by Crippen LogP contribution is 2.22. The molecule has 2 atom stereocenters.